The Labute approximate surface area is 392 Å². The summed E-state index contributed by atoms with van der Waals surface area (Å²) in [5.74, 6) is 0. The Morgan fingerprint density at radius 3 is 1.91 bits per heavy atom. The molecule has 312 valence electrons. The predicted molar refractivity (Wildman–Crippen MR) is 288 cm³/mol. The van der Waals surface area contributed by atoms with E-state index in [0.29, 0.717) is 0 Å². The molecule has 4 heterocycles. The number of hydrogen-bond acceptors (Lipinski definition) is 4. The van der Waals surface area contributed by atoms with Crippen molar-refractivity contribution >= 4 is 135 Å². The van der Waals surface area contributed by atoms with Gasteiger partial charge in [0.05, 0.1) is 11.0 Å². The van der Waals surface area contributed by atoms with Crippen molar-refractivity contribution in [3.63, 3.8) is 0 Å². The number of anilines is 3. The van der Waals surface area contributed by atoms with Crippen molar-refractivity contribution in [1.82, 2.24) is 4.57 Å². The van der Waals surface area contributed by atoms with Crippen molar-refractivity contribution in [2.45, 2.75) is 0 Å². The van der Waals surface area contributed by atoms with Crippen LogP contribution >= 0.6 is 22.7 Å². The van der Waals surface area contributed by atoms with Crippen LogP contribution < -0.4 is 4.90 Å². The van der Waals surface area contributed by atoms with Gasteiger partial charge in [0, 0.05) is 96.1 Å². The lowest BCUT2D eigenvalue weighted by molar-refractivity contribution is 0.668. The molecular weight excluding hydrogens is 853 g/mol. The van der Waals surface area contributed by atoms with E-state index >= 15 is 0 Å². The van der Waals surface area contributed by atoms with Crippen molar-refractivity contribution < 1.29 is 4.42 Å². The Bertz CT molecular complexity index is 4460. The van der Waals surface area contributed by atoms with Gasteiger partial charge in [-0.1, -0.05) is 127 Å². The molecule has 0 aliphatic heterocycles. The summed E-state index contributed by atoms with van der Waals surface area (Å²) >= 11 is 3.79. The normalized spacial score (nSPS) is 12.2. The molecule has 0 radical (unpaired) electrons. The number of fused-ring (bicyclic) bond motifs is 11. The summed E-state index contributed by atoms with van der Waals surface area (Å²) in [5, 5.41) is 12.6. The first-order valence-electron chi connectivity index (χ1n) is 22.7. The number of rotatable bonds is 6. The third-order valence-corrected chi connectivity index (χ3v) is 16.2. The van der Waals surface area contributed by atoms with Crippen LogP contribution in [-0.4, -0.2) is 4.57 Å². The maximum atomic E-state index is 6.57. The number of para-hydroxylation sites is 2. The zero-order valence-corrected chi connectivity index (χ0v) is 37.5. The molecule has 67 heavy (non-hydrogen) atoms. The molecule has 11 aromatic carbocycles. The monoisotopic (exact) mass is 888 g/mol. The maximum absolute atomic E-state index is 6.57. The second kappa shape index (κ2) is 14.1. The van der Waals surface area contributed by atoms with Crippen molar-refractivity contribution in [1.29, 1.82) is 0 Å². The molecule has 0 bridgehead atoms. The smallest absolute Gasteiger partial charge is 0.137 e. The molecule has 0 N–H and O–H groups in total. The molecule has 5 heteroatoms. The van der Waals surface area contributed by atoms with Crippen LogP contribution in [0, 0.1) is 0 Å². The third kappa shape index (κ3) is 5.50. The minimum atomic E-state index is 0.894. The van der Waals surface area contributed by atoms with E-state index < -0.39 is 0 Å². The lowest BCUT2D eigenvalue weighted by Gasteiger charge is -2.26. The highest BCUT2D eigenvalue weighted by Gasteiger charge is 2.25. The lowest BCUT2D eigenvalue weighted by atomic mass is 9.98. The first-order chi connectivity index (χ1) is 33.2. The molecule has 0 saturated heterocycles. The SMILES string of the molecule is c1ccc(-c2cccc(-c3cccc(N(c4ccccc4)c4ccc5sc6c(cc7c8c6ccc6cc9sc%10ccccc%10c9c(c68)n7-c6ccc7c(c6)oc6ccccc67)c5c4)c3)c2)cc1. The molecule has 0 saturated carbocycles. The fraction of sp³-hybridized carbons (Fsp3) is 0. The van der Waals surface area contributed by atoms with E-state index in [1.165, 1.54) is 95.2 Å². The third-order valence-electron chi connectivity index (χ3n) is 13.9. The summed E-state index contributed by atoms with van der Waals surface area (Å²) in [4.78, 5) is 2.40. The molecule has 0 aliphatic carbocycles. The van der Waals surface area contributed by atoms with Gasteiger partial charge >= 0.3 is 0 Å². The van der Waals surface area contributed by atoms with E-state index in [0.717, 1.165) is 44.7 Å². The van der Waals surface area contributed by atoms with Gasteiger partial charge in [-0.05, 0) is 113 Å². The molecule has 15 rings (SSSR count). The van der Waals surface area contributed by atoms with Crippen LogP contribution in [0.25, 0.3) is 123 Å². The highest BCUT2D eigenvalue weighted by Crippen LogP contribution is 2.51. The van der Waals surface area contributed by atoms with Crippen molar-refractivity contribution in [3.05, 3.63) is 218 Å². The van der Waals surface area contributed by atoms with Crippen LogP contribution in [0.2, 0.25) is 0 Å². The summed E-state index contributed by atoms with van der Waals surface area (Å²) in [6.07, 6.45) is 0. The standard InChI is InChI=1S/C62H36N2OS2/c1-3-13-37(14-4-1)38-15-11-16-39(31-38)40-17-12-20-43(32-40)63(42-18-5-2-6-19-42)44-27-30-56-50(34-44)51-36-52-59-49(62(51)67-56)28-25-41-33-57-60(48-22-8-10-24-55(48)66-57)61(58(41)59)64(52)45-26-29-47-46-21-7-9-23-53(46)65-54(47)35-45/h1-36H. The first kappa shape index (κ1) is 37.0. The molecule has 0 spiro atoms. The van der Waals surface area contributed by atoms with Gasteiger partial charge in [-0.2, -0.15) is 0 Å². The van der Waals surface area contributed by atoms with Gasteiger partial charge in [-0.3, -0.25) is 0 Å². The number of thiophene rings is 2. The van der Waals surface area contributed by atoms with E-state index in [1.54, 1.807) is 0 Å². The zero-order chi connectivity index (χ0) is 43.7. The lowest BCUT2D eigenvalue weighted by Crippen LogP contribution is -2.09. The van der Waals surface area contributed by atoms with E-state index in [1.807, 2.05) is 28.7 Å². The average Bonchev–Trinajstić information content (AvgIpc) is 4.15. The minimum absolute atomic E-state index is 0.894. The fourth-order valence-corrected chi connectivity index (χ4v) is 13.3. The van der Waals surface area contributed by atoms with Crippen LogP contribution in [0.1, 0.15) is 0 Å². The van der Waals surface area contributed by atoms with Crippen molar-refractivity contribution in [3.8, 4) is 27.9 Å². The van der Waals surface area contributed by atoms with Crippen LogP contribution in [0.3, 0.4) is 0 Å². The van der Waals surface area contributed by atoms with E-state index in [2.05, 4.69) is 222 Å². The largest absolute Gasteiger partial charge is 0.456 e. The summed E-state index contributed by atoms with van der Waals surface area (Å²) in [7, 11) is 0. The molecule has 0 unspecified atom stereocenters. The van der Waals surface area contributed by atoms with Crippen molar-refractivity contribution in [2.24, 2.45) is 0 Å². The van der Waals surface area contributed by atoms with E-state index in [-0.39, 0.29) is 0 Å². The van der Waals surface area contributed by atoms with Gasteiger partial charge in [-0.15, -0.1) is 22.7 Å². The molecule has 0 amide bonds. The van der Waals surface area contributed by atoms with Crippen LogP contribution in [0.15, 0.2) is 223 Å². The topological polar surface area (TPSA) is 21.3 Å². The summed E-state index contributed by atoms with van der Waals surface area (Å²) in [5.41, 5.74) is 13.5. The van der Waals surface area contributed by atoms with Crippen LogP contribution in [0.5, 0.6) is 0 Å². The van der Waals surface area contributed by atoms with E-state index in [9.17, 15) is 0 Å². The highest BCUT2D eigenvalue weighted by molar-refractivity contribution is 7.27. The number of benzene rings is 11. The average molecular weight is 889 g/mol. The number of hydrogen-bond donors (Lipinski definition) is 0. The molecule has 0 aliphatic rings. The predicted octanol–water partition coefficient (Wildman–Crippen LogP) is 18.8. The van der Waals surface area contributed by atoms with Crippen molar-refractivity contribution in [2.75, 3.05) is 4.90 Å². The summed E-state index contributed by atoms with van der Waals surface area (Å²) in [6, 6.07) is 80.0. The van der Waals surface area contributed by atoms with Gasteiger partial charge in [0.2, 0.25) is 0 Å². The Morgan fingerprint density at radius 1 is 0.358 bits per heavy atom. The first-order valence-corrected chi connectivity index (χ1v) is 24.4. The molecule has 4 aromatic heterocycles. The van der Waals surface area contributed by atoms with Gasteiger partial charge in [0.25, 0.3) is 0 Å². The van der Waals surface area contributed by atoms with Gasteiger partial charge < -0.3 is 13.9 Å². The summed E-state index contributed by atoms with van der Waals surface area (Å²) < 4.78 is 14.3. The second-order valence-electron chi connectivity index (χ2n) is 17.6. The highest BCUT2D eigenvalue weighted by atomic mass is 32.1. The molecular formula is C62H36N2OS2. The van der Waals surface area contributed by atoms with E-state index in [4.69, 9.17) is 4.42 Å². The van der Waals surface area contributed by atoms with Gasteiger partial charge in [0.15, 0.2) is 0 Å². The van der Waals surface area contributed by atoms with Crippen LogP contribution in [-0.2, 0) is 0 Å². The number of nitrogens with zero attached hydrogens (tertiary/aromatic N) is 2. The fourth-order valence-electron chi connectivity index (χ4n) is 10.9. The molecule has 15 aromatic rings. The Hall–Kier alpha value is -8.22. The summed E-state index contributed by atoms with van der Waals surface area (Å²) in [6.45, 7) is 0. The van der Waals surface area contributed by atoms with Crippen LogP contribution in [0.4, 0.5) is 17.1 Å². The number of aromatic nitrogens is 1. The molecule has 3 nitrogen and oxygen atoms in total. The van der Waals surface area contributed by atoms with Gasteiger partial charge in [0.1, 0.15) is 11.2 Å². The second-order valence-corrected chi connectivity index (χ2v) is 19.8. The zero-order valence-electron chi connectivity index (χ0n) is 35.9. The molecule has 0 atom stereocenters. The van der Waals surface area contributed by atoms with Gasteiger partial charge in [-0.25, -0.2) is 0 Å². The Morgan fingerprint density at radius 2 is 1.03 bits per heavy atom. The maximum Gasteiger partial charge on any atom is 0.137 e. The Kier molecular flexibility index (Phi) is 7.82. The Balaban J connectivity index is 0.976. The molecule has 0 fully saturated rings. The quantitative estimate of drug-likeness (QED) is 0.155. The minimum Gasteiger partial charge on any atom is -0.456 e. The number of furan rings is 1.